The number of fused-ring (bicyclic) bond motifs is 3. The highest BCUT2D eigenvalue weighted by Gasteiger charge is 2.26. The van der Waals surface area contributed by atoms with Gasteiger partial charge in [-0.1, -0.05) is 18.2 Å². The van der Waals surface area contributed by atoms with Gasteiger partial charge in [-0.05, 0) is 98.4 Å². The molecule has 0 saturated carbocycles. The number of nitrogens with one attached hydrogen (secondary N) is 1. The lowest BCUT2D eigenvalue weighted by Gasteiger charge is -2.31. The molecule has 0 atom stereocenters. The van der Waals surface area contributed by atoms with Crippen LogP contribution in [-0.4, -0.2) is 52.9 Å². The maximum absolute atomic E-state index is 13.1. The molecule has 0 bridgehead atoms. The zero-order valence-electron chi connectivity index (χ0n) is 24.4. The monoisotopic (exact) mass is 567 g/mol. The molecule has 1 N–H and O–H groups in total. The van der Waals surface area contributed by atoms with Crippen LogP contribution < -0.4 is 19.5 Å². The molecule has 0 unspecified atom stereocenters. The number of carbonyl (C=O) groups is 1. The van der Waals surface area contributed by atoms with Crippen LogP contribution in [0.1, 0.15) is 41.2 Å². The summed E-state index contributed by atoms with van der Waals surface area (Å²) < 4.78 is 19.0. The SMILES string of the molecule is COc1ccc(COc2ccc(CN3CCC(C(=O)Nc4ccc5c(c4)CCc4nnc(C)n4-5)CC3)cc2OC)cc1. The van der Waals surface area contributed by atoms with Crippen molar-refractivity contribution in [1.29, 1.82) is 0 Å². The molecule has 1 amide bonds. The summed E-state index contributed by atoms with van der Waals surface area (Å²) in [7, 11) is 3.32. The topological polar surface area (TPSA) is 90.7 Å². The number of anilines is 1. The van der Waals surface area contributed by atoms with E-state index in [1.807, 2.05) is 49.4 Å². The molecule has 3 aromatic carbocycles. The van der Waals surface area contributed by atoms with Gasteiger partial charge in [0.1, 0.15) is 24.0 Å². The molecule has 0 aliphatic carbocycles. The number of nitrogens with zero attached hydrogens (tertiary/aromatic N) is 4. The number of aryl methyl sites for hydroxylation is 3. The lowest BCUT2D eigenvalue weighted by Crippen LogP contribution is -2.37. The van der Waals surface area contributed by atoms with Gasteiger partial charge in [0.05, 0.1) is 19.9 Å². The predicted molar refractivity (Wildman–Crippen MR) is 160 cm³/mol. The van der Waals surface area contributed by atoms with Crippen molar-refractivity contribution in [2.24, 2.45) is 5.92 Å². The maximum Gasteiger partial charge on any atom is 0.227 e. The van der Waals surface area contributed by atoms with Crippen LogP contribution >= 0.6 is 0 Å². The van der Waals surface area contributed by atoms with Crippen LogP contribution in [0.4, 0.5) is 5.69 Å². The number of likely N-dealkylation sites (tertiary alicyclic amines) is 1. The van der Waals surface area contributed by atoms with Crippen LogP contribution in [0, 0.1) is 12.8 Å². The summed E-state index contributed by atoms with van der Waals surface area (Å²) >= 11 is 0. The fourth-order valence-electron chi connectivity index (χ4n) is 5.88. The number of methoxy groups -OCH3 is 2. The van der Waals surface area contributed by atoms with Crippen LogP contribution in [0.3, 0.4) is 0 Å². The summed E-state index contributed by atoms with van der Waals surface area (Å²) in [6.45, 7) is 4.97. The Morgan fingerprint density at radius 1 is 0.905 bits per heavy atom. The lowest BCUT2D eigenvalue weighted by atomic mass is 9.95. The van der Waals surface area contributed by atoms with Crippen LogP contribution in [0.25, 0.3) is 5.69 Å². The number of ether oxygens (including phenoxy) is 3. The smallest absolute Gasteiger partial charge is 0.227 e. The molecule has 1 fully saturated rings. The normalized spacial score (nSPS) is 15.0. The number of hydrogen-bond donors (Lipinski definition) is 1. The summed E-state index contributed by atoms with van der Waals surface area (Å²) in [6, 6.07) is 20.1. The van der Waals surface area contributed by atoms with Gasteiger partial charge in [0.25, 0.3) is 0 Å². The van der Waals surface area contributed by atoms with Crippen molar-refractivity contribution < 1.29 is 19.0 Å². The predicted octanol–water partition coefficient (Wildman–Crippen LogP) is 5.12. The van der Waals surface area contributed by atoms with E-state index < -0.39 is 0 Å². The molecule has 1 saturated heterocycles. The summed E-state index contributed by atoms with van der Waals surface area (Å²) in [5.41, 5.74) is 5.40. The Balaban J connectivity index is 1.00. The Kier molecular flexibility index (Phi) is 8.10. The summed E-state index contributed by atoms with van der Waals surface area (Å²) in [6.07, 6.45) is 3.42. The summed E-state index contributed by atoms with van der Waals surface area (Å²) in [5, 5.41) is 11.7. The highest BCUT2D eigenvalue weighted by Crippen LogP contribution is 2.31. The molecular weight excluding hydrogens is 530 g/mol. The minimum Gasteiger partial charge on any atom is -0.497 e. The number of aromatic nitrogens is 3. The second-order valence-corrected chi connectivity index (χ2v) is 11.0. The van der Waals surface area contributed by atoms with E-state index in [9.17, 15) is 4.79 Å². The molecule has 4 aromatic rings. The van der Waals surface area contributed by atoms with Crippen molar-refractivity contribution in [2.75, 3.05) is 32.6 Å². The molecule has 2 aliphatic rings. The minimum atomic E-state index is 0.00671. The second kappa shape index (κ2) is 12.2. The third-order valence-corrected chi connectivity index (χ3v) is 8.24. The Bertz CT molecular complexity index is 1560. The van der Waals surface area contributed by atoms with Gasteiger partial charge in [-0.3, -0.25) is 14.3 Å². The van der Waals surface area contributed by atoms with E-state index in [-0.39, 0.29) is 11.8 Å². The Hall–Kier alpha value is -4.37. The first kappa shape index (κ1) is 27.8. The number of piperidine rings is 1. The standard InChI is InChI=1S/C33H37N5O4/c1-22-35-36-32-13-7-26-19-27(8-11-29(26)38(22)32)34-33(39)25-14-16-37(17-15-25)20-24-6-12-30(31(18-24)41-3)42-21-23-4-9-28(40-2)10-5-23/h4-6,8-12,18-19,25H,7,13-17,20-21H2,1-3H3,(H,34,39). The highest BCUT2D eigenvalue weighted by molar-refractivity contribution is 5.92. The van der Waals surface area contributed by atoms with Crippen molar-refractivity contribution in [1.82, 2.24) is 19.7 Å². The molecule has 9 heteroatoms. The van der Waals surface area contributed by atoms with Gasteiger partial charge in [-0.15, -0.1) is 10.2 Å². The number of carbonyl (C=O) groups excluding carboxylic acids is 1. The van der Waals surface area contributed by atoms with Crippen LogP contribution in [0.5, 0.6) is 17.2 Å². The van der Waals surface area contributed by atoms with Crippen molar-refractivity contribution >= 4 is 11.6 Å². The number of rotatable bonds is 9. The molecule has 218 valence electrons. The van der Waals surface area contributed by atoms with Crippen molar-refractivity contribution in [3.63, 3.8) is 0 Å². The molecule has 0 radical (unpaired) electrons. The molecule has 0 spiro atoms. The second-order valence-electron chi connectivity index (χ2n) is 11.0. The zero-order valence-corrected chi connectivity index (χ0v) is 24.4. The Morgan fingerprint density at radius 2 is 1.69 bits per heavy atom. The van der Waals surface area contributed by atoms with Crippen molar-refractivity contribution in [2.45, 2.75) is 45.8 Å². The molecular formula is C33H37N5O4. The van der Waals surface area contributed by atoms with Crippen molar-refractivity contribution in [3.8, 4) is 22.9 Å². The first-order valence-electron chi connectivity index (χ1n) is 14.5. The first-order chi connectivity index (χ1) is 20.5. The molecule has 9 nitrogen and oxygen atoms in total. The molecule has 6 rings (SSSR count). The van der Waals surface area contributed by atoms with Crippen LogP contribution in [-0.2, 0) is 30.8 Å². The van der Waals surface area contributed by atoms with Gasteiger partial charge >= 0.3 is 0 Å². The minimum absolute atomic E-state index is 0.00671. The third-order valence-electron chi connectivity index (χ3n) is 8.24. The summed E-state index contributed by atoms with van der Waals surface area (Å²) in [4.78, 5) is 15.5. The van der Waals surface area contributed by atoms with E-state index in [0.717, 1.165) is 91.0 Å². The highest BCUT2D eigenvalue weighted by atomic mass is 16.5. The molecule has 2 aliphatic heterocycles. The van der Waals surface area contributed by atoms with E-state index in [0.29, 0.717) is 12.4 Å². The van der Waals surface area contributed by atoms with Gasteiger partial charge in [0.15, 0.2) is 11.5 Å². The molecule has 42 heavy (non-hydrogen) atoms. The van der Waals surface area contributed by atoms with E-state index in [1.54, 1.807) is 14.2 Å². The quantitative estimate of drug-likeness (QED) is 0.300. The van der Waals surface area contributed by atoms with Gasteiger partial charge in [-0.2, -0.15) is 0 Å². The fraction of sp³-hybridized carbons (Fsp3) is 0.364. The van der Waals surface area contributed by atoms with E-state index in [1.165, 1.54) is 5.56 Å². The number of amides is 1. The Labute approximate surface area is 246 Å². The van der Waals surface area contributed by atoms with Gasteiger partial charge < -0.3 is 19.5 Å². The van der Waals surface area contributed by atoms with Gasteiger partial charge in [0, 0.05) is 24.6 Å². The van der Waals surface area contributed by atoms with Gasteiger partial charge in [-0.25, -0.2) is 0 Å². The first-order valence-corrected chi connectivity index (χ1v) is 14.5. The average Bonchev–Trinajstić information content (AvgIpc) is 3.41. The molecule has 3 heterocycles. The maximum atomic E-state index is 13.1. The average molecular weight is 568 g/mol. The fourth-order valence-corrected chi connectivity index (χ4v) is 5.88. The largest absolute Gasteiger partial charge is 0.497 e. The number of benzene rings is 3. The van der Waals surface area contributed by atoms with Crippen LogP contribution in [0.2, 0.25) is 0 Å². The van der Waals surface area contributed by atoms with E-state index >= 15 is 0 Å². The van der Waals surface area contributed by atoms with Gasteiger partial charge in [0.2, 0.25) is 5.91 Å². The van der Waals surface area contributed by atoms with E-state index in [2.05, 4.69) is 43.2 Å². The van der Waals surface area contributed by atoms with Crippen LogP contribution in [0.15, 0.2) is 60.7 Å². The Morgan fingerprint density at radius 3 is 2.45 bits per heavy atom. The zero-order chi connectivity index (χ0) is 29.1. The lowest BCUT2D eigenvalue weighted by molar-refractivity contribution is -0.121. The third kappa shape index (κ3) is 5.97. The van der Waals surface area contributed by atoms with Crippen molar-refractivity contribution in [3.05, 3.63) is 89.0 Å². The molecule has 1 aromatic heterocycles. The summed E-state index contributed by atoms with van der Waals surface area (Å²) in [5.74, 6) is 4.25. The van der Waals surface area contributed by atoms with E-state index in [4.69, 9.17) is 14.2 Å². The number of hydrogen-bond acceptors (Lipinski definition) is 7.